The molecule has 6 heteroatoms. The van der Waals surface area contributed by atoms with E-state index in [2.05, 4.69) is 24.3 Å². The van der Waals surface area contributed by atoms with Crippen molar-refractivity contribution in [3.8, 4) is 5.75 Å². The summed E-state index contributed by atoms with van der Waals surface area (Å²) in [7, 11) is 0. The number of hydrogen-bond acceptors (Lipinski definition) is 3. The third-order valence-electron chi connectivity index (χ3n) is 7.11. The lowest BCUT2D eigenvalue weighted by Crippen LogP contribution is -2.11. The molecule has 5 rings (SSSR count). The first-order valence-corrected chi connectivity index (χ1v) is 13.0. The van der Waals surface area contributed by atoms with Crippen LogP contribution in [0, 0.1) is 5.92 Å². The Hall–Kier alpha value is -4.32. The highest BCUT2D eigenvalue weighted by atomic mass is 16.5. The minimum Gasteiger partial charge on any atom is -0.493 e. The van der Waals surface area contributed by atoms with Crippen molar-refractivity contribution in [1.29, 1.82) is 0 Å². The summed E-state index contributed by atoms with van der Waals surface area (Å²) < 4.78 is 7.82. The Morgan fingerprint density at radius 1 is 0.895 bits per heavy atom. The number of carboxylic acid groups (broad SMARTS) is 2. The molecule has 0 radical (unpaired) electrons. The van der Waals surface area contributed by atoms with Gasteiger partial charge in [0.2, 0.25) is 0 Å². The van der Waals surface area contributed by atoms with Gasteiger partial charge in [0.25, 0.3) is 0 Å². The third kappa shape index (κ3) is 5.97. The Morgan fingerprint density at radius 2 is 1.63 bits per heavy atom. The van der Waals surface area contributed by atoms with Gasteiger partial charge in [0, 0.05) is 23.9 Å². The normalized spacial score (nSPS) is 13.3. The zero-order valence-corrected chi connectivity index (χ0v) is 21.2. The molecule has 0 saturated heterocycles. The number of ether oxygens (including phenoxy) is 1. The van der Waals surface area contributed by atoms with Crippen molar-refractivity contribution in [3.63, 3.8) is 0 Å². The van der Waals surface area contributed by atoms with Crippen LogP contribution in [0.3, 0.4) is 0 Å². The summed E-state index contributed by atoms with van der Waals surface area (Å²) in [5.41, 5.74) is 6.59. The van der Waals surface area contributed by atoms with E-state index in [0.29, 0.717) is 25.4 Å². The second-order valence-electron chi connectivity index (χ2n) is 9.92. The monoisotopic (exact) mass is 509 g/mol. The van der Waals surface area contributed by atoms with Crippen LogP contribution in [0.15, 0.2) is 72.9 Å². The predicted molar refractivity (Wildman–Crippen MR) is 148 cm³/mol. The summed E-state index contributed by atoms with van der Waals surface area (Å²) in [6.07, 6.45) is 9.13. The van der Waals surface area contributed by atoms with E-state index >= 15 is 0 Å². The van der Waals surface area contributed by atoms with E-state index < -0.39 is 11.9 Å². The zero-order valence-electron chi connectivity index (χ0n) is 21.2. The topological polar surface area (TPSA) is 88.8 Å². The quantitative estimate of drug-likeness (QED) is 0.239. The van der Waals surface area contributed by atoms with Crippen LogP contribution in [0.2, 0.25) is 0 Å². The summed E-state index contributed by atoms with van der Waals surface area (Å²) in [4.78, 5) is 22.5. The molecule has 0 aliphatic heterocycles. The Kier molecular flexibility index (Phi) is 7.59. The van der Waals surface area contributed by atoms with Gasteiger partial charge in [0.05, 0.1) is 12.1 Å². The van der Waals surface area contributed by atoms with E-state index in [1.54, 1.807) is 4.57 Å². The third-order valence-corrected chi connectivity index (χ3v) is 7.11. The van der Waals surface area contributed by atoms with E-state index in [9.17, 15) is 14.7 Å². The highest BCUT2D eigenvalue weighted by molar-refractivity contribution is 5.94. The lowest BCUT2D eigenvalue weighted by atomic mass is 10.0. The van der Waals surface area contributed by atoms with Gasteiger partial charge >= 0.3 is 11.9 Å². The maximum Gasteiger partial charge on any atom is 0.323 e. The molecule has 0 unspecified atom stereocenters. The molecule has 0 atom stereocenters. The van der Waals surface area contributed by atoms with E-state index in [1.165, 1.54) is 11.1 Å². The number of aliphatic carboxylic acids is 2. The Balaban J connectivity index is 1.28. The number of fused-ring (bicyclic) bond motifs is 2. The second-order valence-corrected chi connectivity index (χ2v) is 9.92. The summed E-state index contributed by atoms with van der Waals surface area (Å²) >= 11 is 0. The molecule has 3 aromatic carbocycles. The maximum atomic E-state index is 11.5. The van der Waals surface area contributed by atoms with E-state index in [4.69, 9.17) is 9.84 Å². The molecule has 0 saturated carbocycles. The molecule has 1 aliphatic carbocycles. The van der Waals surface area contributed by atoms with Crippen LogP contribution in [-0.2, 0) is 35.4 Å². The first-order valence-electron chi connectivity index (χ1n) is 13.0. The number of nitrogens with zero attached hydrogens (tertiary/aromatic N) is 1. The molecule has 38 heavy (non-hydrogen) atoms. The molecule has 2 N–H and O–H groups in total. The van der Waals surface area contributed by atoms with Gasteiger partial charge in [0.1, 0.15) is 12.3 Å². The minimum absolute atomic E-state index is 0.0826. The lowest BCUT2D eigenvalue weighted by molar-refractivity contribution is -0.138. The Bertz CT molecular complexity index is 1460. The van der Waals surface area contributed by atoms with Gasteiger partial charge in [-0.25, -0.2) is 0 Å². The Morgan fingerprint density at radius 3 is 2.32 bits per heavy atom. The summed E-state index contributed by atoms with van der Waals surface area (Å²) in [5, 5.41) is 19.4. The van der Waals surface area contributed by atoms with Gasteiger partial charge in [-0.05, 0) is 65.6 Å². The van der Waals surface area contributed by atoms with Crippen molar-refractivity contribution in [2.24, 2.45) is 5.92 Å². The fraction of sp³-hybridized carbons (Fsp3) is 0.250. The highest BCUT2D eigenvalue weighted by Crippen LogP contribution is 2.29. The lowest BCUT2D eigenvalue weighted by Gasteiger charge is -2.11. The van der Waals surface area contributed by atoms with Gasteiger partial charge in [-0.15, -0.1) is 0 Å². The molecule has 0 spiro atoms. The highest BCUT2D eigenvalue weighted by Gasteiger charge is 2.21. The number of hydrogen-bond donors (Lipinski definition) is 2. The molecule has 6 nitrogen and oxygen atoms in total. The molecule has 4 aromatic rings. The standard InChI is InChI=1S/C32H31NO5/c34-30(35)10-4-8-27-19-33(20-31(36)37)32-24(7-3-9-29(27)32)14-11-22-12-15-28(16-13-22)38-21-23-17-25-5-1-2-6-26(25)18-23/h1-3,5-7,9,11-16,19,23H,4,8,10,17-18,20-21H2,(H,34,35)(H,36,37)/b14-11+. The van der Waals surface area contributed by atoms with Crippen LogP contribution >= 0.6 is 0 Å². The number of carbonyl (C=O) groups is 2. The molecular formula is C32H31NO5. The van der Waals surface area contributed by atoms with E-state index in [1.807, 2.05) is 60.8 Å². The number of aryl methyl sites for hydroxylation is 1. The second kappa shape index (κ2) is 11.4. The summed E-state index contributed by atoms with van der Waals surface area (Å²) in [5.74, 6) is -0.400. The molecular weight excluding hydrogens is 478 g/mol. The SMILES string of the molecule is O=C(O)CCCc1cn(CC(=O)O)c2c(/C=C/c3ccc(OCC4Cc5ccccc5C4)cc3)cccc12. The fourth-order valence-electron chi connectivity index (χ4n) is 5.34. The van der Waals surface area contributed by atoms with Crippen molar-refractivity contribution < 1.29 is 24.5 Å². The van der Waals surface area contributed by atoms with Crippen LogP contribution in [0.5, 0.6) is 5.75 Å². The number of rotatable bonds is 11. The van der Waals surface area contributed by atoms with Crippen LogP contribution in [0.1, 0.15) is 40.7 Å². The smallest absolute Gasteiger partial charge is 0.323 e. The van der Waals surface area contributed by atoms with Gasteiger partial charge in [0.15, 0.2) is 0 Å². The first-order chi connectivity index (χ1) is 18.5. The largest absolute Gasteiger partial charge is 0.493 e. The first kappa shape index (κ1) is 25.3. The van der Waals surface area contributed by atoms with Crippen LogP contribution in [0.25, 0.3) is 23.1 Å². The van der Waals surface area contributed by atoms with Crippen molar-refractivity contribution in [2.75, 3.05) is 6.61 Å². The number of para-hydroxylation sites is 1. The number of benzene rings is 3. The van der Waals surface area contributed by atoms with Gasteiger partial charge < -0.3 is 19.5 Å². The van der Waals surface area contributed by atoms with Gasteiger partial charge in [-0.1, -0.05) is 66.7 Å². The van der Waals surface area contributed by atoms with Gasteiger partial charge in [-0.3, -0.25) is 9.59 Å². The van der Waals surface area contributed by atoms with Crippen LogP contribution < -0.4 is 4.74 Å². The number of carboxylic acids is 2. The Labute approximate surface area is 221 Å². The molecule has 1 aliphatic rings. The molecule has 1 aromatic heterocycles. The summed E-state index contributed by atoms with van der Waals surface area (Å²) in [6.45, 7) is 0.541. The molecule has 0 amide bonds. The average Bonchev–Trinajstić information content (AvgIpc) is 3.48. The molecule has 194 valence electrons. The van der Waals surface area contributed by atoms with E-state index in [0.717, 1.165) is 46.2 Å². The maximum absolute atomic E-state index is 11.5. The van der Waals surface area contributed by atoms with Crippen LogP contribution in [-0.4, -0.2) is 33.3 Å². The fourth-order valence-corrected chi connectivity index (χ4v) is 5.34. The van der Waals surface area contributed by atoms with Crippen molar-refractivity contribution >= 4 is 35.0 Å². The molecule has 0 bridgehead atoms. The van der Waals surface area contributed by atoms with E-state index in [-0.39, 0.29) is 13.0 Å². The molecule has 0 fully saturated rings. The van der Waals surface area contributed by atoms with Crippen LogP contribution in [0.4, 0.5) is 0 Å². The van der Waals surface area contributed by atoms with Crippen molar-refractivity contribution in [3.05, 3.63) is 101 Å². The minimum atomic E-state index is -0.921. The molecule has 1 heterocycles. The zero-order chi connectivity index (χ0) is 26.5. The predicted octanol–water partition coefficient (Wildman–Crippen LogP) is 6.10. The van der Waals surface area contributed by atoms with Crippen molar-refractivity contribution in [2.45, 2.75) is 38.6 Å². The van der Waals surface area contributed by atoms with Crippen molar-refractivity contribution in [1.82, 2.24) is 4.57 Å². The average molecular weight is 510 g/mol. The number of aromatic nitrogens is 1. The summed E-state index contributed by atoms with van der Waals surface area (Å²) in [6, 6.07) is 22.5. The van der Waals surface area contributed by atoms with Gasteiger partial charge in [-0.2, -0.15) is 0 Å².